The predicted molar refractivity (Wildman–Crippen MR) is 128 cm³/mol. The summed E-state index contributed by atoms with van der Waals surface area (Å²) in [6.07, 6.45) is 2.54. The zero-order chi connectivity index (χ0) is 21.9. The highest BCUT2D eigenvalue weighted by atomic mass is 32.1. The fourth-order valence-electron chi connectivity index (χ4n) is 3.61. The molecule has 5 rings (SSSR count). The van der Waals surface area contributed by atoms with Crippen molar-refractivity contribution in [2.24, 2.45) is 0 Å². The van der Waals surface area contributed by atoms with Gasteiger partial charge in [0.25, 0.3) is 5.91 Å². The summed E-state index contributed by atoms with van der Waals surface area (Å²) < 4.78 is 11.7. The summed E-state index contributed by atoms with van der Waals surface area (Å²) in [7, 11) is 1.63. The van der Waals surface area contributed by atoms with E-state index in [2.05, 4.69) is 21.3 Å². The Morgan fingerprint density at radius 3 is 2.97 bits per heavy atom. The van der Waals surface area contributed by atoms with Crippen molar-refractivity contribution in [2.75, 3.05) is 18.6 Å². The Labute approximate surface area is 194 Å². The molecule has 8 heteroatoms. The van der Waals surface area contributed by atoms with E-state index in [0.717, 1.165) is 22.7 Å². The smallest absolute Gasteiger partial charge is 0.261 e. The van der Waals surface area contributed by atoms with E-state index in [-0.39, 0.29) is 5.91 Å². The van der Waals surface area contributed by atoms with Crippen molar-refractivity contribution >= 4 is 39.3 Å². The SMILES string of the molecule is COc1cccc2c1Oc1ncccc1N(c1ccc(C(=O)NCCc3cccs3)s1)C2. The number of pyridine rings is 1. The summed E-state index contributed by atoms with van der Waals surface area (Å²) in [5.41, 5.74) is 1.83. The molecule has 162 valence electrons. The largest absolute Gasteiger partial charge is 0.493 e. The average molecular weight is 464 g/mol. The highest BCUT2D eigenvalue weighted by Gasteiger charge is 2.26. The first-order valence-electron chi connectivity index (χ1n) is 10.2. The van der Waals surface area contributed by atoms with Gasteiger partial charge < -0.3 is 19.7 Å². The first kappa shape index (κ1) is 20.5. The number of thiophene rings is 2. The third-order valence-corrected chi connectivity index (χ3v) is 7.21. The second kappa shape index (κ2) is 9.02. The molecule has 0 unspecified atom stereocenters. The van der Waals surface area contributed by atoms with Crippen LogP contribution < -0.4 is 19.7 Å². The molecule has 0 aliphatic carbocycles. The summed E-state index contributed by atoms with van der Waals surface area (Å²) in [6, 6.07) is 17.6. The van der Waals surface area contributed by atoms with E-state index in [9.17, 15) is 4.79 Å². The molecule has 4 aromatic rings. The lowest BCUT2D eigenvalue weighted by Gasteiger charge is -2.21. The second-order valence-corrected chi connectivity index (χ2v) is 9.28. The molecule has 1 N–H and O–H groups in total. The number of methoxy groups -OCH3 is 1. The maximum Gasteiger partial charge on any atom is 0.261 e. The lowest BCUT2D eigenvalue weighted by Crippen LogP contribution is -2.24. The van der Waals surface area contributed by atoms with Crippen molar-refractivity contribution in [2.45, 2.75) is 13.0 Å². The third-order valence-electron chi connectivity index (χ3n) is 5.17. The molecule has 3 aromatic heterocycles. The van der Waals surface area contributed by atoms with Gasteiger partial charge >= 0.3 is 0 Å². The Hall–Kier alpha value is -3.36. The van der Waals surface area contributed by atoms with Gasteiger partial charge in [0, 0.05) is 23.2 Å². The number of nitrogens with one attached hydrogen (secondary N) is 1. The molecule has 0 bridgehead atoms. The fourth-order valence-corrected chi connectivity index (χ4v) is 5.26. The number of rotatable bonds is 6. The van der Waals surface area contributed by atoms with Crippen LogP contribution in [0.3, 0.4) is 0 Å². The van der Waals surface area contributed by atoms with E-state index >= 15 is 0 Å². The molecule has 0 saturated carbocycles. The first-order chi connectivity index (χ1) is 15.7. The van der Waals surface area contributed by atoms with Gasteiger partial charge in [-0.3, -0.25) is 4.79 Å². The molecule has 32 heavy (non-hydrogen) atoms. The van der Waals surface area contributed by atoms with E-state index in [1.807, 2.05) is 53.9 Å². The molecule has 4 heterocycles. The zero-order valence-electron chi connectivity index (χ0n) is 17.4. The van der Waals surface area contributed by atoms with Crippen LogP contribution in [0.25, 0.3) is 0 Å². The van der Waals surface area contributed by atoms with Crippen LogP contribution in [-0.2, 0) is 13.0 Å². The van der Waals surface area contributed by atoms with Crippen LogP contribution in [0.15, 0.2) is 66.2 Å². The average Bonchev–Trinajstić information content (AvgIpc) is 3.48. The summed E-state index contributed by atoms with van der Waals surface area (Å²) in [6.45, 7) is 1.19. The van der Waals surface area contributed by atoms with E-state index < -0.39 is 0 Å². The summed E-state index contributed by atoms with van der Waals surface area (Å²) in [5, 5.41) is 6.02. The van der Waals surface area contributed by atoms with Crippen molar-refractivity contribution in [3.05, 3.63) is 81.5 Å². The molecule has 0 radical (unpaired) electrons. The van der Waals surface area contributed by atoms with Crippen LogP contribution in [0, 0.1) is 0 Å². The van der Waals surface area contributed by atoms with Crippen LogP contribution in [0.1, 0.15) is 20.1 Å². The minimum Gasteiger partial charge on any atom is -0.493 e. The number of aromatic nitrogens is 1. The molecule has 0 spiro atoms. The van der Waals surface area contributed by atoms with Crippen LogP contribution in [0.2, 0.25) is 0 Å². The number of para-hydroxylation sites is 1. The molecule has 1 aliphatic rings. The predicted octanol–water partition coefficient (Wildman–Crippen LogP) is 5.63. The van der Waals surface area contributed by atoms with Crippen molar-refractivity contribution < 1.29 is 14.3 Å². The molecule has 1 amide bonds. The van der Waals surface area contributed by atoms with E-state index in [4.69, 9.17) is 9.47 Å². The Morgan fingerprint density at radius 1 is 1.19 bits per heavy atom. The first-order valence-corrected chi connectivity index (χ1v) is 11.9. The number of anilines is 2. The summed E-state index contributed by atoms with van der Waals surface area (Å²) >= 11 is 3.16. The van der Waals surface area contributed by atoms with Gasteiger partial charge in [0.05, 0.1) is 23.5 Å². The molecule has 6 nitrogen and oxygen atoms in total. The Bertz CT molecular complexity index is 1240. The van der Waals surface area contributed by atoms with Crippen LogP contribution in [-0.4, -0.2) is 24.5 Å². The number of hydrogen-bond donors (Lipinski definition) is 1. The highest BCUT2D eigenvalue weighted by molar-refractivity contribution is 7.18. The maximum absolute atomic E-state index is 12.7. The molecule has 1 aromatic carbocycles. The van der Waals surface area contributed by atoms with Gasteiger partial charge in [-0.15, -0.1) is 22.7 Å². The van der Waals surface area contributed by atoms with Crippen molar-refractivity contribution in [3.8, 4) is 17.4 Å². The van der Waals surface area contributed by atoms with Gasteiger partial charge in [0.2, 0.25) is 5.88 Å². The number of benzene rings is 1. The third kappa shape index (κ3) is 4.06. The minimum absolute atomic E-state index is 0.0580. The van der Waals surface area contributed by atoms with Gasteiger partial charge in [0.1, 0.15) is 5.69 Å². The zero-order valence-corrected chi connectivity index (χ0v) is 19.0. The second-order valence-electron chi connectivity index (χ2n) is 7.19. The van der Waals surface area contributed by atoms with E-state index in [1.54, 1.807) is 24.6 Å². The molecule has 0 atom stereocenters. The molecule has 0 fully saturated rings. The molecular weight excluding hydrogens is 442 g/mol. The lowest BCUT2D eigenvalue weighted by atomic mass is 10.1. The number of amides is 1. The van der Waals surface area contributed by atoms with Crippen molar-refractivity contribution in [1.82, 2.24) is 10.3 Å². The number of hydrogen-bond acceptors (Lipinski definition) is 7. The molecule has 0 saturated heterocycles. The topological polar surface area (TPSA) is 63.7 Å². The standard InChI is InChI=1S/C24H21N3O3S2/c1-29-19-8-2-5-16-15-27(18-7-3-12-26-24(18)30-22(16)19)21-10-9-20(32-21)23(28)25-13-11-17-6-4-14-31-17/h2-10,12,14H,11,13,15H2,1H3,(H,25,28). The summed E-state index contributed by atoms with van der Waals surface area (Å²) in [4.78, 5) is 21.2. The Kier molecular flexibility index (Phi) is 5.79. The fraction of sp³-hybridized carbons (Fsp3) is 0.167. The van der Waals surface area contributed by atoms with E-state index in [1.165, 1.54) is 16.2 Å². The maximum atomic E-state index is 12.7. The Morgan fingerprint density at radius 2 is 2.12 bits per heavy atom. The minimum atomic E-state index is -0.0580. The molecule has 1 aliphatic heterocycles. The highest BCUT2D eigenvalue weighted by Crippen LogP contribution is 2.45. The quantitative estimate of drug-likeness (QED) is 0.402. The number of ether oxygens (including phenoxy) is 2. The van der Waals surface area contributed by atoms with Gasteiger partial charge in [-0.25, -0.2) is 4.98 Å². The summed E-state index contributed by atoms with van der Waals surface area (Å²) in [5.74, 6) is 1.78. The van der Waals surface area contributed by atoms with Crippen molar-refractivity contribution in [1.29, 1.82) is 0 Å². The number of fused-ring (bicyclic) bond motifs is 2. The lowest BCUT2D eigenvalue weighted by molar-refractivity contribution is 0.0958. The molecular formula is C24H21N3O3S2. The van der Waals surface area contributed by atoms with Gasteiger partial charge in [-0.1, -0.05) is 18.2 Å². The van der Waals surface area contributed by atoms with Gasteiger partial charge in [0.15, 0.2) is 11.5 Å². The Balaban J connectivity index is 1.40. The normalized spacial score (nSPS) is 12.3. The van der Waals surface area contributed by atoms with Crippen LogP contribution in [0.5, 0.6) is 17.4 Å². The number of carbonyl (C=O) groups excluding carboxylic acids is 1. The van der Waals surface area contributed by atoms with Gasteiger partial charge in [-0.2, -0.15) is 0 Å². The van der Waals surface area contributed by atoms with Gasteiger partial charge in [-0.05, 0) is 48.2 Å². The van der Waals surface area contributed by atoms with Crippen LogP contribution in [0.4, 0.5) is 10.7 Å². The number of nitrogens with zero attached hydrogens (tertiary/aromatic N) is 2. The van der Waals surface area contributed by atoms with Crippen LogP contribution >= 0.6 is 22.7 Å². The monoisotopic (exact) mass is 463 g/mol. The number of carbonyl (C=O) groups is 1. The van der Waals surface area contributed by atoms with E-state index in [0.29, 0.717) is 35.3 Å². The van der Waals surface area contributed by atoms with Crippen molar-refractivity contribution in [3.63, 3.8) is 0 Å².